The summed E-state index contributed by atoms with van der Waals surface area (Å²) in [5.74, 6) is -0.405. The Morgan fingerprint density at radius 2 is 1.87 bits per heavy atom. The molecule has 0 spiro atoms. The number of esters is 1. The molecule has 0 aliphatic heterocycles. The van der Waals surface area contributed by atoms with Gasteiger partial charge < -0.3 is 19.1 Å². The number of benzene rings is 1. The zero-order valence-corrected chi connectivity index (χ0v) is 14.6. The Kier molecular flexibility index (Phi) is 6.42. The molecular formula is C17H25NO5. The van der Waals surface area contributed by atoms with Crippen molar-refractivity contribution < 1.29 is 23.8 Å². The van der Waals surface area contributed by atoms with Gasteiger partial charge in [0, 0.05) is 13.6 Å². The maximum Gasteiger partial charge on any atom is 0.410 e. The highest BCUT2D eigenvalue weighted by Crippen LogP contribution is 2.23. The molecule has 1 aromatic carbocycles. The number of hydrogen-bond donors (Lipinski definition) is 0. The average Bonchev–Trinajstić information content (AvgIpc) is 2.49. The molecule has 0 fully saturated rings. The minimum atomic E-state index is -0.618. The van der Waals surface area contributed by atoms with Crippen molar-refractivity contribution in [1.29, 1.82) is 0 Å². The second kappa shape index (κ2) is 7.85. The fourth-order valence-corrected chi connectivity index (χ4v) is 2.00. The quantitative estimate of drug-likeness (QED) is 0.780. The third-order valence-electron chi connectivity index (χ3n) is 3.14. The van der Waals surface area contributed by atoms with Gasteiger partial charge in [0.1, 0.15) is 11.4 Å². The smallest absolute Gasteiger partial charge is 0.410 e. The summed E-state index contributed by atoms with van der Waals surface area (Å²) < 4.78 is 15.3. The second-order valence-corrected chi connectivity index (χ2v) is 6.21. The lowest BCUT2D eigenvalue weighted by molar-refractivity contribution is -0.142. The lowest BCUT2D eigenvalue weighted by atomic mass is 9.98. The van der Waals surface area contributed by atoms with Crippen molar-refractivity contribution in [3.05, 3.63) is 29.8 Å². The molecule has 1 amide bonds. The van der Waals surface area contributed by atoms with Gasteiger partial charge in [-0.25, -0.2) is 4.79 Å². The largest absolute Gasteiger partial charge is 0.497 e. The second-order valence-electron chi connectivity index (χ2n) is 6.21. The Bertz CT molecular complexity index is 550. The van der Waals surface area contributed by atoms with Crippen LogP contribution in [0.3, 0.4) is 0 Å². The summed E-state index contributed by atoms with van der Waals surface area (Å²) in [5, 5.41) is 0. The first-order valence-corrected chi connectivity index (χ1v) is 7.34. The van der Waals surface area contributed by atoms with E-state index in [1.54, 1.807) is 59.2 Å². The van der Waals surface area contributed by atoms with Crippen LogP contribution in [-0.4, -0.2) is 50.4 Å². The Morgan fingerprint density at radius 1 is 1.22 bits per heavy atom. The third kappa shape index (κ3) is 5.81. The highest BCUT2D eigenvalue weighted by atomic mass is 16.6. The molecule has 0 bridgehead atoms. The molecule has 128 valence electrons. The fourth-order valence-electron chi connectivity index (χ4n) is 2.00. The van der Waals surface area contributed by atoms with E-state index >= 15 is 0 Å². The van der Waals surface area contributed by atoms with E-state index in [9.17, 15) is 9.59 Å². The maximum absolute atomic E-state index is 12.1. The predicted octanol–water partition coefficient (Wildman–Crippen LogP) is 2.82. The van der Waals surface area contributed by atoms with Crippen molar-refractivity contribution in [2.24, 2.45) is 0 Å². The summed E-state index contributed by atoms with van der Waals surface area (Å²) in [4.78, 5) is 25.6. The number of amides is 1. The third-order valence-corrected chi connectivity index (χ3v) is 3.14. The maximum atomic E-state index is 12.1. The van der Waals surface area contributed by atoms with E-state index in [-0.39, 0.29) is 6.54 Å². The molecule has 0 saturated carbocycles. The Labute approximate surface area is 137 Å². The van der Waals surface area contributed by atoms with E-state index < -0.39 is 23.6 Å². The molecule has 1 rings (SSSR count). The molecule has 1 atom stereocenters. The fraction of sp³-hybridized carbons (Fsp3) is 0.529. The van der Waals surface area contributed by atoms with Gasteiger partial charge in [0.15, 0.2) is 0 Å². The molecule has 0 heterocycles. The number of likely N-dealkylation sites (N-methyl/N-ethyl adjacent to an activating group) is 1. The van der Waals surface area contributed by atoms with E-state index in [1.807, 2.05) is 0 Å². The summed E-state index contributed by atoms with van der Waals surface area (Å²) in [6.45, 7) is 5.52. The van der Waals surface area contributed by atoms with E-state index in [2.05, 4.69) is 0 Å². The number of hydrogen-bond acceptors (Lipinski definition) is 5. The van der Waals surface area contributed by atoms with Gasteiger partial charge in [0.25, 0.3) is 0 Å². The van der Waals surface area contributed by atoms with Crippen LogP contribution in [0.2, 0.25) is 0 Å². The van der Waals surface area contributed by atoms with Crippen LogP contribution in [0.1, 0.15) is 32.3 Å². The summed E-state index contributed by atoms with van der Waals surface area (Å²) in [6.07, 6.45) is -0.491. The van der Waals surface area contributed by atoms with E-state index in [1.165, 1.54) is 12.0 Å². The minimum absolute atomic E-state index is 0.148. The molecule has 23 heavy (non-hydrogen) atoms. The lowest BCUT2D eigenvalue weighted by Gasteiger charge is -2.27. The highest BCUT2D eigenvalue weighted by Gasteiger charge is 2.27. The van der Waals surface area contributed by atoms with Crippen molar-refractivity contribution in [2.75, 3.05) is 27.8 Å². The lowest BCUT2D eigenvalue weighted by Crippen LogP contribution is -2.38. The van der Waals surface area contributed by atoms with Gasteiger partial charge in [-0.05, 0) is 38.5 Å². The SMILES string of the molecule is COC(=O)C(CN(C)C(=O)OC(C)(C)C)c1cccc(OC)c1. The summed E-state index contributed by atoms with van der Waals surface area (Å²) in [7, 11) is 4.46. The van der Waals surface area contributed by atoms with Gasteiger partial charge in [-0.1, -0.05) is 12.1 Å². The first-order chi connectivity index (χ1) is 10.7. The van der Waals surface area contributed by atoms with Crippen molar-refractivity contribution in [3.8, 4) is 5.75 Å². The molecule has 1 aromatic rings. The molecule has 0 N–H and O–H groups in total. The monoisotopic (exact) mass is 323 g/mol. The normalized spacial score (nSPS) is 12.3. The van der Waals surface area contributed by atoms with Gasteiger partial charge in [0.05, 0.1) is 20.1 Å². The van der Waals surface area contributed by atoms with Crippen molar-refractivity contribution in [2.45, 2.75) is 32.3 Å². The van der Waals surface area contributed by atoms with E-state index in [4.69, 9.17) is 14.2 Å². The number of methoxy groups -OCH3 is 2. The molecule has 0 aliphatic rings. The number of carbonyl (C=O) groups is 2. The van der Waals surface area contributed by atoms with Crippen LogP contribution < -0.4 is 4.74 Å². The van der Waals surface area contributed by atoms with Gasteiger partial charge >= 0.3 is 12.1 Å². The standard InChI is InChI=1S/C17H25NO5/c1-17(2,3)23-16(20)18(4)11-14(15(19)22-6)12-8-7-9-13(10-12)21-5/h7-10,14H,11H2,1-6H3. The van der Waals surface area contributed by atoms with E-state index in [0.29, 0.717) is 11.3 Å². The van der Waals surface area contributed by atoms with Crippen LogP contribution in [0, 0.1) is 0 Å². The van der Waals surface area contributed by atoms with Gasteiger partial charge in [-0.3, -0.25) is 4.79 Å². The van der Waals surface area contributed by atoms with Gasteiger partial charge in [-0.2, -0.15) is 0 Å². The summed E-state index contributed by atoms with van der Waals surface area (Å²) in [5.41, 5.74) is 0.119. The Balaban J connectivity index is 2.95. The Hall–Kier alpha value is -2.24. The molecule has 0 radical (unpaired) electrons. The molecule has 0 aromatic heterocycles. The zero-order chi connectivity index (χ0) is 17.6. The van der Waals surface area contributed by atoms with Crippen molar-refractivity contribution >= 4 is 12.1 Å². The van der Waals surface area contributed by atoms with Crippen LogP contribution in [0.25, 0.3) is 0 Å². The minimum Gasteiger partial charge on any atom is -0.497 e. The van der Waals surface area contributed by atoms with Crippen LogP contribution in [0.4, 0.5) is 4.79 Å². The van der Waals surface area contributed by atoms with Gasteiger partial charge in [-0.15, -0.1) is 0 Å². The van der Waals surface area contributed by atoms with Crippen molar-refractivity contribution in [3.63, 3.8) is 0 Å². The van der Waals surface area contributed by atoms with Crippen LogP contribution >= 0.6 is 0 Å². The first-order valence-electron chi connectivity index (χ1n) is 7.34. The van der Waals surface area contributed by atoms with E-state index in [0.717, 1.165) is 0 Å². The number of carbonyl (C=O) groups excluding carboxylic acids is 2. The van der Waals surface area contributed by atoms with Gasteiger partial charge in [0.2, 0.25) is 0 Å². The zero-order valence-electron chi connectivity index (χ0n) is 14.6. The molecule has 0 saturated heterocycles. The first kappa shape index (κ1) is 18.8. The molecular weight excluding hydrogens is 298 g/mol. The molecule has 6 nitrogen and oxygen atoms in total. The predicted molar refractivity (Wildman–Crippen MR) is 86.6 cm³/mol. The number of ether oxygens (including phenoxy) is 3. The highest BCUT2D eigenvalue weighted by molar-refractivity contribution is 5.79. The molecule has 0 aliphatic carbocycles. The Morgan fingerprint density at radius 3 is 2.39 bits per heavy atom. The summed E-state index contributed by atoms with van der Waals surface area (Å²) in [6, 6.07) is 7.13. The summed E-state index contributed by atoms with van der Waals surface area (Å²) >= 11 is 0. The van der Waals surface area contributed by atoms with Crippen LogP contribution in [0.5, 0.6) is 5.75 Å². The van der Waals surface area contributed by atoms with Crippen molar-refractivity contribution in [1.82, 2.24) is 4.90 Å². The molecule has 6 heteroatoms. The molecule has 1 unspecified atom stereocenters. The number of nitrogens with zero attached hydrogens (tertiary/aromatic N) is 1. The van der Waals surface area contributed by atoms with Crippen LogP contribution in [0.15, 0.2) is 24.3 Å². The van der Waals surface area contributed by atoms with Crippen LogP contribution in [-0.2, 0) is 14.3 Å². The topological polar surface area (TPSA) is 65.1 Å². The number of rotatable bonds is 5. The average molecular weight is 323 g/mol.